The molecule has 162 valence electrons. The van der Waals surface area contributed by atoms with Gasteiger partial charge in [0, 0.05) is 38.5 Å². The Morgan fingerprint density at radius 3 is 2.07 bits per heavy atom. The molecule has 0 spiro atoms. The first kappa shape index (κ1) is 23.2. The van der Waals surface area contributed by atoms with Gasteiger partial charge in [-0.25, -0.2) is 8.42 Å². The van der Waals surface area contributed by atoms with Crippen LogP contribution in [0.5, 0.6) is 11.5 Å². The summed E-state index contributed by atoms with van der Waals surface area (Å²) in [6.07, 6.45) is 0. The number of amides is 2. The number of anilines is 1. The highest BCUT2D eigenvalue weighted by molar-refractivity contribution is 7.89. The summed E-state index contributed by atoms with van der Waals surface area (Å²) in [6, 6.07) is 10.5. The van der Waals surface area contributed by atoms with Gasteiger partial charge in [-0.2, -0.15) is 4.31 Å². The Hall–Kier alpha value is -3.11. The van der Waals surface area contributed by atoms with E-state index in [1.165, 1.54) is 44.4 Å². The molecule has 2 amide bonds. The van der Waals surface area contributed by atoms with Crippen LogP contribution in [0.25, 0.3) is 0 Å². The second kappa shape index (κ2) is 9.59. The standard InChI is InChI=1S/C20H25N3O6S/c1-22(2)20(25)14-6-8-15(9-7-14)21-19(24)13-23(3)30(26,27)16-10-11-17(28-4)18(12-16)29-5/h6-12H,13H2,1-5H3,(H,21,24). The quantitative estimate of drug-likeness (QED) is 0.676. The van der Waals surface area contributed by atoms with E-state index >= 15 is 0 Å². The smallest absolute Gasteiger partial charge is 0.253 e. The minimum atomic E-state index is -3.92. The van der Waals surface area contributed by atoms with E-state index in [1.54, 1.807) is 38.4 Å². The molecule has 0 bridgehead atoms. The first-order valence-corrected chi connectivity index (χ1v) is 10.3. The first-order valence-electron chi connectivity index (χ1n) is 8.90. The molecule has 0 aliphatic heterocycles. The van der Waals surface area contributed by atoms with E-state index in [4.69, 9.17) is 9.47 Å². The molecule has 0 heterocycles. The summed E-state index contributed by atoms with van der Waals surface area (Å²) in [7, 11) is 3.53. The summed E-state index contributed by atoms with van der Waals surface area (Å²) < 4.78 is 36.7. The highest BCUT2D eigenvalue weighted by atomic mass is 32.2. The number of nitrogens with zero attached hydrogens (tertiary/aromatic N) is 2. The zero-order valence-corrected chi connectivity index (χ0v) is 18.3. The van der Waals surface area contributed by atoms with Crippen LogP contribution >= 0.6 is 0 Å². The van der Waals surface area contributed by atoms with Crippen LogP contribution in [0.1, 0.15) is 10.4 Å². The van der Waals surface area contributed by atoms with Crippen LogP contribution in [0, 0.1) is 0 Å². The van der Waals surface area contributed by atoms with Crippen molar-refractivity contribution >= 4 is 27.5 Å². The Morgan fingerprint density at radius 1 is 0.933 bits per heavy atom. The van der Waals surface area contributed by atoms with Crippen molar-refractivity contribution in [2.45, 2.75) is 4.90 Å². The number of carbonyl (C=O) groups excluding carboxylic acids is 2. The van der Waals surface area contributed by atoms with E-state index in [0.717, 1.165) is 4.31 Å². The zero-order valence-electron chi connectivity index (χ0n) is 17.5. The lowest BCUT2D eigenvalue weighted by atomic mass is 10.2. The fraction of sp³-hybridized carbons (Fsp3) is 0.300. The number of sulfonamides is 1. The number of rotatable bonds is 8. The number of likely N-dealkylation sites (N-methyl/N-ethyl adjacent to an activating group) is 1. The van der Waals surface area contributed by atoms with Crippen LogP contribution in [-0.4, -0.2) is 71.3 Å². The van der Waals surface area contributed by atoms with Gasteiger partial charge in [-0.1, -0.05) is 0 Å². The molecule has 0 saturated carbocycles. The zero-order chi connectivity index (χ0) is 22.5. The molecule has 2 rings (SSSR count). The predicted molar refractivity (Wildman–Crippen MR) is 112 cm³/mol. The molecule has 0 saturated heterocycles. The molecule has 1 N–H and O–H groups in total. The highest BCUT2D eigenvalue weighted by Crippen LogP contribution is 2.30. The van der Waals surface area contributed by atoms with Crippen molar-refractivity contribution in [3.8, 4) is 11.5 Å². The van der Waals surface area contributed by atoms with Crippen molar-refractivity contribution < 1.29 is 27.5 Å². The van der Waals surface area contributed by atoms with Crippen LogP contribution in [0.15, 0.2) is 47.4 Å². The Morgan fingerprint density at radius 2 is 1.53 bits per heavy atom. The number of hydrogen-bond donors (Lipinski definition) is 1. The number of nitrogens with one attached hydrogen (secondary N) is 1. The monoisotopic (exact) mass is 435 g/mol. The maximum atomic E-state index is 12.8. The number of methoxy groups -OCH3 is 2. The lowest BCUT2D eigenvalue weighted by Crippen LogP contribution is -2.35. The van der Waals surface area contributed by atoms with E-state index in [9.17, 15) is 18.0 Å². The van der Waals surface area contributed by atoms with Crippen molar-refractivity contribution in [2.24, 2.45) is 0 Å². The normalized spacial score (nSPS) is 11.1. The second-order valence-electron chi connectivity index (χ2n) is 6.60. The van der Waals surface area contributed by atoms with Gasteiger partial charge in [0.05, 0.1) is 25.7 Å². The minimum absolute atomic E-state index is 0.0259. The van der Waals surface area contributed by atoms with Gasteiger partial charge in [-0.15, -0.1) is 0 Å². The Kier molecular flexibility index (Phi) is 7.41. The molecule has 0 atom stereocenters. The lowest BCUT2D eigenvalue weighted by molar-refractivity contribution is -0.116. The number of carbonyl (C=O) groups is 2. The Bertz CT molecular complexity index is 1020. The summed E-state index contributed by atoms with van der Waals surface area (Å²) in [6.45, 7) is -0.394. The second-order valence-corrected chi connectivity index (χ2v) is 8.65. The van der Waals surface area contributed by atoms with Crippen LogP contribution in [0.3, 0.4) is 0 Å². The predicted octanol–water partition coefficient (Wildman–Crippen LogP) is 1.66. The molecule has 0 radical (unpaired) electrons. The molecular weight excluding hydrogens is 410 g/mol. The molecule has 0 aliphatic rings. The SMILES string of the molecule is COc1ccc(S(=O)(=O)N(C)CC(=O)Nc2ccc(C(=O)N(C)C)cc2)cc1OC. The lowest BCUT2D eigenvalue weighted by Gasteiger charge is -2.18. The number of hydrogen-bond acceptors (Lipinski definition) is 6. The summed E-state index contributed by atoms with van der Waals surface area (Å²) in [5.41, 5.74) is 0.929. The topological polar surface area (TPSA) is 105 Å². The summed E-state index contributed by atoms with van der Waals surface area (Å²) >= 11 is 0. The first-order chi connectivity index (χ1) is 14.1. The molecule has 9 nitrogen and oxygen atoms in total. The molecule has 30 heavy (non-hydrogen) atoms. The molecule has 0 unspecified atom stereocenters. The molecule has 0 aliphatic carbocycles. The largest absolute Gasteiger partial charge is 0.493 e. The maximum absolute atomic E-state index is 12.8. The van der Waals surface area contributed by atoms with Gasteiger partial charge in [-0.05, 0) is 36.4 Å². The fourth-order valence-corrected chi connectivity index (χ4v) is 3.74. The molecule has 2 aromatic rings. The Balaban J connectivity index is 2.08. The van der Waals surface area contributed by atoms with Crippen LogP contribution < -0.4 is 14.8 Å². The van der Waals surface area contributed by atoms with Gasteiger partial charge in [0.25, 0.3) is 5.91 Å². The van der Waals surface area contributed by atoms with Gasteiger partial charge in [0.15, 0.2) is 11.5 Å². The van der Waals surface area contributed by atoms with Crippen molar-refractivity contribution in [2.75, 3.05) is 47.2 Å². The average Bonchev–Trinajstić information content (AvgIpc) is 2.72. The van der Waals surface area contributed by atoms with E-state index in [0.29, 0.717) is 17.0 Å². The fourth-order valence-electron chi connectivity index (χ4n) is 2.60. The van der Waals surface area contributed by atoms with E-state index in [2.05, 4.69) is 5.32 Å². The van der Waals surface area contributed by atoms with E-state index in [1.807, 2.05) is 0 Å². The number of benzene rings is 2. The maximum Gasteiger partial charge on any atom is 0.253 e. The van der Waals surface area contributed by atoms with Gasteiger partial charge in [0.1, 0.15) is 0 Å². The van der Waals surface area contributed by atoms with Crippen LogP contribution in [0.4, 0.5) is 5.69 Å². The van der Waals surface area contributed by atoms with Crippen LogP contribution in [0.2, 0.25) is 0 Å². The molecule has 0 fully saturated rings. The van der Waals surface area contributed by atoms with Gasteiger partial charge < -0.3 is 19.7 Å². The third kappa shape index (κ3) is 5.28. The average molecular weight is 436 g/mol. The summed E-state index contributed by atoms with van der Waals surface area (Å²) in [4.78, 5) is 25.6. The molecule has 2 aromatic carbocycles. The van der Waals surface area contributed by atoms with E-state index < -0.39 is 22.5 Å². The Labute approximate surface area is 176 Å². The summed E-state index contributed by atoms with van der Waals surface area (Å²) in [5.74, 6) is -0.0151. The van der Waals surface area contributed by atoms with Crippen LogP contribution in [-0.2, 0) is 14.8 Å². The van der Waals surface area contributed by atoms with E-state index in [-0.39, 0.29) is 16.6 Å². The minimum Gasteiger partial charge on any atom is -0.493 e. The summed E-state index contributed by atoms with van der Waals surface area (Å²) in [5, 5.41) is 2.62. The highest BCUT2D eigenvalue weighted by Gasteiger charge is 2.24. The van der Waals surface area contributed by atoms with Crippen molar-refractivity contribution in [3.63, 3.8) is 0 Å². The van der Waals surface area contributed by atoms with Gasteiger partial charge in [-0.3, -0.25) is 9.59 Å². The molecule has 0 aromatic heterocycles. The van der Waals surface area contributed by atoms with Crippen molar-refractivity contribution in [3.05, 3.63) is 48.0 Å². The third-order valence-corrected chi connectivity index (χ3v) is 6.05. The van der Waals surface area contributed by atoms with Crippen molar-refractivity contribution in [1.29, 1.82) is 0 Å². The molecule has 10 heteroatoms. The molecular formula is C20H25N3O6S. The van der Waals surface area contributed by atoms with Crippen molar-refractivity contribution in [1.82, 2.24) is 9.21 Å². The third-order valence-electron chi connectivity index (χ3n) is 4.25. The van der Waals surface area contributed by atoms with Gasteiger partial charge >= 0.3 is 0 Å². The number of ether oxygens (including phenoxy) is 2. The van der Waals surface area contributed by atoms with Gasteiger partial charge in [0.2, 0.25) is 15.9 Å².